The number of carboxylic acid groups (broad SMARTS) is 1. The first-order valence-electron chi connectivity index (χ1n) is 11.4. The second-order valence-corrected chi connectivity index (χ2v) is 11.4. The van der Waals surface area contributed by atoms with E-state index in [-0.39, 0.29) is 4.90 Å². The van der Waals surface area contributed by atoms with Gasteiger partial charge in [0.15, 0.2) is 15.0 Å². The summed E-state index contributed by atoms with van der Waals surface area (Å²) in [5.74, 6) is 1.09. The molecule has 35 heavy (non-hydrogen) atoms. The highest BCUT2D eigenvalue weighted by Crippen LogP contribution is 2.34. The fourth-order valence-corrected chi connectivity index (χ4v) is 5.67. The van der Waals surface area contributed by atoms with Crippen LogP contribution < -0.4 is 0 Å². The molecule has 0 atom stereocenters. The molecule has 8 nitrogen and oxygen atoms in total. The molecule has 0 aliphatic carbocycles. The Morgan fingerprint density at radius 1 is 1.09 bits per heavy atom. The number of para-hydroxylation sites is 1. The van der Waals surface area contributed by atoms with Crippen LogP contribution in [0.1, 0.15) is 19.3 Å². The molecular weight excluding hydrogens is 488 g/mol. The van der Waals surface area contributed by atoms with E-state index in [0.717, 1.165) is 41.2 Å². The maximum absolute atomic E-state index is 11.9. The lowest BCUT2D eigenvalue weighted by atomic mass is 9.93. The van der Waals surface area contributed by atoms with E-state index in [4.69, 9.17) is 16.6 Å². The van der Waals surface area contributed by atoms with Gasteiger partial charge in [-0.1, -0.05) is 29.8 Å². The van der Waals surface area contributed by atoms with Crippen molar-refractivity contribution in [1.29, 1.82) is 0 Å². The third kappa shape index (κ3) is 4.58. The van der Waals surface area contributed by atoms with Crippen LogP contribution in [0.5, 0.6) is 0 Å². The van der Waals surface area contributed by atoms with Crippen molar-refractivity contribution in [3.05, 3.63) is 53.7 Å². The Morgan fingerprint density at radius 2 is 1.77 bits per heavy atom. The maximum atomic E-state index is 11.9. The van der Waals surface area contributed by atoms with Crippen molar-refractivity contribution in [2.75, 3.05) is 19.3 Å². The molecule has 10 heteroatoms. The summed E-state index contributed by atoms with van der Waals surface area (Å²) in [7, 11) is -3.31. The van der Waals surface area contributed by atoms with Gasteiger partial charge in [0.1, 0.15) is 11.3 Å². The molecule has 5 rings (SSSR count). The average molecular weight is 513 g/mol. The van der Waals surface area contributed by atoms with Crippen LogP contribution in [0, 0.1) is 5.92 Å². The molecule has 182 valence electrons. The number of benzene rings is 2. The molecule has 1 aliphatic heterocycles. The van der Waals surface area contributed by atoms with E-state index in [1.54, 1.807) is 24.3 Å². The summed E-state index contributed by atoms with van der Waals surface area (Å²) in [6, 6.07) is 14.5. The Labute approximate surface area is 208 Å². The minimum Gasteiger partial charge on any atom is -0.465 e. The van der Waals surface area contributed by atoms with Crippen molar-refractivity contribution in [3.63, 3.8) is 0 Å². The molecule has 1 saturated heterocycles. The number of fused-ring (bicyclic) bond motifs is 3. The van der Waals surface area contributed by atoms with Crippen LogP contribution in [-0.4, -0.2) is 58.4 Å². The largest absolute Gasteiger partial charge is 0.465 e. The predicted octanol–water partition coefficient (Wildman–Crippen LogP) is 5.09. The molecule has 3 heterocycles. The van der Waals surface area contributed by atoms with E-state index in [1.807, 2.05) is 24.3 Å². The second-order valence-electron chi connectivity index (χ2n) is 9.00. The van der Waals surface area contributed by atoms with Crippen LogP contribution in [-0.2, 0) is 16.4 Å². The zero-order chi connectivity index (χ0) is 24.7. The fourth-order valence-electron chi connectivity index (χ4n) is 4.81. The lowest BCUT2D eigenvalue weighted by molar-refractivity contribution is 0.122. The highest BCUT2D eigenvalue weighted by molar-refractivity contribution is 7.90. The summed E-state index contributed by atoms with van der Waals surface area (Å²) >= 11 is 6.56. The molecule has 4 aromatic rings. The van der Waals surface area contributed by atoms with E-state index < -0.39 is 15.9 Å². The summed E-state index contributed by atoms with van der Waals surface area (Å²) in [4.78, 5) is 22.4. The Morgan fingerprint density at radius 3 is 2.43 bits per heavy atom. The topological polar surface area (TPSA) is 105 Å². The van der Waals surface area contributed by atoms with Crippen molar-refractivity contribution >= 4 is 49.5 Å². The number of halogens is 1. The minimum absolute atomic E-state index is 0.249. The molecule has 0 saturated carbocycles. The van der Waals surface area contributed by atoms with Crippen LogP contribution in [0.4, 0.5) is 4.79 Å². The number of piperidine rings is 1. The summed E-state index contributed by atoms with van der Waals surface area (Å²) in [6.07, 6.45) is 2.82. The van der Waals surface area contributed by atoms with Gasteiger partial charge in [0.25, 0.3) is 0 Å². The first kappa shape index (κ1) is 23.6. The zero-order valence-electron chi connectivity index (χ0n) is 19.2. The van der Waals surface area contributed by atoms with E-state index >= 15 is 0 Å². The quantitative estimate of drug-likeness (QED) is 0.373. The molecule has 1 amide bonds. The maximum Gasteiger partial charge on any atom is 0.407 e. The Balaban J connectivity index is 1.57. The van der Waals surface area contributed by atoms with Gasteiger partial charge in [-0.2, -0.15) is 0 Å². The number of carbonyl (C=O) groups is 1. The molecule has 0 bridgehead atoms. The van der Waals surface area contributed by atoms with Crippen molar-refractivity contribution in [1.82, 2.24) is 19.4 Å². The fraction of sp³-hybridized carbons (Fsp3) is 0.320. The zero-order valence-corrected chi connectivity index (χ0v) is 20.8. The molecule has 2 aromatic carbocycles. The van der Waals surface area contributed by atoms with Crippen molar-refractivity contribution in [2.45, 2.75) is 30.7 Å². The summed E-state index contributed by atoms with van der Waals surface area (Å²) in [5.41, 5.74) is 3.06. The van der Waals surface area contributed by atoms with Gasteiger partial charge in [-0.05, 0) is 55.5 Å². The molecule has 1 fully saturated rings. The van der Waals surface area contributed by atoms with E-state index in [0.29, 0.717) is 42.0 Å². The average Bonchev–Trinajstić information content (AvgIpc) is 3.23. The van der Waals surface area contributed by atoms with Crippen LogP contribution >= 0.6 is 11.6 Å². The molecule has 2 aromatic heterocycles. The highest BCUT2D eigenvalue weighted by Gasteiger charge is 2.24. The summed E-state index contributed by atoms with van der Waals surface area (Å²) in [5, 5.41) is 10.5. The minimum atomic E-state index is -3.31. The number of rotatable bonds is 5. The third-order valence-electron chi connectivity index (χ3n) is 6.73. The van der Waals surface area contributed by atoms with E-state index in [1.165, 1.54) is 11.2 Å². The van der Waals surface area contributed by atoms with Gasteiger partial charge in [0.2, 0.25) is 0 Å². The number of aromatic nitrogens is 3. The van der Waals surface area contributed by atoms with Gasteiger partial charge in [-0.25, -0.2) is 23.2 Å². The number of imidazole rings is 1. The van der Waals surface area contributed by atoms with Crippen LogP contribution in [0.2, 0.25) is 5.15 Å². The first-order valence-corrected chi connectivity index (χ1v) is 13.7. The SMILES string of the molecule is CS(=O)(=O)c1ccc(-c2nc3c(Cl)nc4ccccc4c3n2CCC2CCN(C(=O)O)CC2)cc1. The number of likely N-dealkylation sites (tertiary alicyclic amines) is 1. The second kappa shape index (κ2) is 9.13. The van der Waals surface area contributed by atoms with Gasteiger partial charge < -0.3 is 14.6 Å². The summed E-state index contributed by atoms with van der Waals surface area (Å²) < 4.78 is 26.0. The van der Waals surface area contributed by atoms with E-state index in [2.05, 4.69) is 9.55 Å². The molecule has 1 aliphatic rings. The van der Waals surface area contributed by atoms with Crippen molar-refractivity contribution < 1.29 is 18.3 Å². The normalized spacial score (nSPS) is 15.2. The molecule has 0 radical (unpaired) electrons. The molecule has 1 N–H and O–H groups in total. The number of sulfone groups is 1. The van der Waals surface area contributed by atoms with Gasteiger partial charge in [-0.3, -0.25) is 0 Å². The number of nitrogens with zero attached hydrogens (tertiary/aromatic N) is 4. The molecule has 0 unspecified atom stereocenters. The lowest BCUT2D eigenvalue weighted by Crippen LogP contribution is -2.37. The first-order chi connectivity index (χ1) is 16.7. The standard InChI is InChI=1S/C25H25ClN4O4S/c1-35(33,34)18-8-6-17(7-9-18)24-28-21-22(19-4-2-3-5-20(19)27-23(21)26)30(24)15-12-16-10-13-29(14-11-16)25(31)32/h2-9,16H,10-15H2,1H3,(H,31,32). The Kier molecular flexibility index (Phi) is 6.14. The van der Waals surface area contributed by atoms with Crippen LogP contribution in [0.3, 0.4) is 0 Å². The van der Waals surface area contributed by atoms with E-state index in [9.17, 15) is 18.3 Å². The van der Waals surface area contributed by atoms with Gasteiger partial charge in [-0.15, -0.1) is 0 Å². The number of hydrogen-bond acceptors (Lipinski definition) is 5. The Hall–Kier alpha value is -3.17. The van der Waals surface area contributed by atoms with Crippen molar-refractivity contribution in [3.8, 4) is 11.4 Å². The van der Waals surface area contributed by atoms with Gasteiger partial charge in [0, 0.05) is 36.8 Å². The smallest absolute Gasteiger partial charge is 0.407 e. The summed E-state index contributed by atoms with van der Waals surface area (Å²) in [6.45, 7) is 1.76. The molecule has 0 spiro atoms. The Bertz CT molecular complexity index is 1520. The number of pyridine rings is 1. The van der Waals surface area contributed by atoms with Crippen LogP contribution in [0.15, 0.2) is 53.4 Å². The van der Waals surface area contributed by atoms with Gasteiger partial charge in [0.05, 0.1) is 15.9 Å². The highest BCUT2D eigenvalue weighted by atomic mass is 35.5. The lowest BCUT2D eigenvalue weighted by Gasteiger charge is -2.30. The predicted molar refractivity (Wildman–Crippen MR) is 136 cm³/mol. The number of aryl methyl sites for hydroxylation is 1. The van der Waals surface area contributed by atoms with Gasteiger partial charge >= 0.3 is 6.09 Å². The number of amides is 1. The molecular formula is C25H25ClN4O4S. The van der Waals surface area contributed by atoms with Crippen molar-refractivity contribution in [2.24, 2.45) is 5.92 Å². The monoisotopic (exact) mass is 512 g/mol. The number of hydrogen-bond donors (Lipinski definition) is 1. The van der Waals surface area contributed by atoms with Crippen LogP contribution in [0.25, 0.3) is 33.3 Å². The third-order valence-corrected chi connectivity index (χ3v) is 8.12.